The van der Waals surface area contributed by atoms with E-state index in [1.54, 1.807) is 0 Å². The quantitative estimate of drug-likeness (QED) is 0.363. The van der Waals surface area contributed by atoms with Gasteiger partial charge in [0.05, 0.1) is 7.11 Å². The van der Waals surface area contributed by atoms with Crippen LogP contribution in [-0.4, -0.2) is 38.8 Å². The molecule has 0 fully saturated rings. The number of esters is 1. The number of carbonyl (C=O) groups is 1. The summed E-state index contributed by atoms with van der Waals surface area (Å²) in [5, 5.41) is 3.19. The molecule has 0 aromatic carbocycles. The van der Waals surface area contributed by atoms with E-state index >= 15 is 0 Å². The van der Waals surface area contributed by atoms with Crippen LogP contribution < -0.4 is 16.8 Å². The van der Waals surface area contributed by atoms with E-state index in [2.05, 4.69) is 5.32 Å². The van der Waals surface area contributed by atoms with Crippen LogP contribution in [0.25, 0.3) is 0 Å². The summed E-state index contributed by atoms with van der Waals surface area (Å²) in [7, 11) is 1.42. The van der Waals surface area contributed by atoms with Crippen molar-refractivity contribution in [2.24, 2.45) is 11.5 Å². The first-order valence-corrected chi connectivity index (χ1v) is 5.97. The van der Waals surface area contributed by atoms with Crippen molar-refractivity contribution in [1.82, 2.24) is 5.32 Å². The van der Waals surface area contributed by atoms with Crippen molar-refractivity contribution in [2.45, 2.75) is 38.1 Å². The van der Waals surface area contributed by atoms with Gasteiger partial charge in [0.15, 0.2) is 0 Å². The standard InChI is InChI=1S/C11H25N3O2/c1-16-11(15)10(6-2-3-7-12)14-9-5-4-8-13/h10,14H,2-9,12-13H2,1H3. The average Bonchev–Trinajstić information content (AvgIpc) is 2.31. The van der Waals surface area contributed by atoms with Crippen molar-refractivity contribution in [3.63, 3.8) is 0 Å². The van der Waals surface area contributed by atoms with Crippen LogP contribution >= 0.6 is 0 Å². The first kappa shape index (κ1) is 15.3. The Bertz CT molecular complexity index is 177. The van der Waals surface area contributed by atoms with Gasteiger partial charge in [-0.1, -0.05) is 6.42 Å². The fourth-order valence-corrected chi connectivity index (χ4v) is 1.48. The molecule has 0 rings (SSSR count). The topological polar surface area (TPSA) is 90.4 Å². The predicted molar refractivity (Wildman–Crippen MR) is 65.0 cm³/mol. The van der Waals surface area contributed by atoms with Gasteiger partial charge in [-0.15, -0.1) is 0 Å². The van der Waals surface area contributed by atoms with Gasteiger partial charge in [0.25, 0.3) is 0 Å². The minimum atomic E-state index is -0.200. The second kappa shape index (κ2) is 10.9. The number of unbranched alkanes of at least 4 members (excludes halogenated alkanes) is 2. The van der Waals surface area contributed by atoms with Crippen LogP contribution in [0.2, 0.25) is 0 Å². The zero-order valence-electron chi connectivity index (χ0n) is 10.2. The van der Waals surface area contributed by atoms with E-state index in [4.69, 9.17) is 16.2 Å². The van der Waals surface area contributed by atoms with Crippen molar-refractivity contribution < 1.29 is 9.53 Å². The molecule has 5 N–H and O–H groups in total. The highest BCUT2D eigenvalue weighted by Gasteiger charge is 2.17. The molecule has 0 radical (unpaired) electrons. The summed E-state index contributed by atoms with van der Waals surface area (Å²) < 4.78 is 4.74. The van der Waals surface area contributed by atoms with E-state index in [0.29, 0.717) is 13.1 Å². The van der Waals surface area contributed by atoms with Crippen LogP contribution in [0.1, 0.15) is 32.1 Å². The Hall–Kier alpha value is -0.650. The van der Waals surface area contributed by atoms with E-state index in [0.717, 1.165) is 38.6 Å². The zero-order chi connectivity index (χ0) is 12.2. The number of rotatable bonds is 10. The SMILES string of the molecule is COC(=O)C(CCCCN)NCCCCN. The lowest BCUT2D eigenvalue weighted by Crippen LogP contribution is -2.38. The maximum Gasteiger partial charge on any atom is 0.322 e. The Balaban J connectivity index is 3.77. The average molecular weight is 231 g/mol. The van der Waals surface area contributed by atoms with Gasteiger partial charge in [0.2, 0.25) is 0 Å². The third-order valence-electron chi connectivity index (χ3n) is 2.45. The molecule has 0 saturated carbocycles. The number of methoxy groups -OCH3 is 1. The molecule has 16 heavy (non-hydrogen) atoms. The summed E-state index contributed by atoms with van der Waals surface area (Å²) in [6, 6.07) is -0.200. The molecule has 5 nitrogen and oxygen atoms in total. The highest BCUT2D eigenvalue weighted by Crippen LogP contribution is 2.02. The Morgan fingerprint density at radius 1 is 1.19 bits per heavy atom. The molecule has 0 bridgehead atoms. The Morgan fingerprint density at radius 3 is 2.38 bits per heavy atom. The van der Waals surface area contributed by atoms with Crippen molar-refractivity contribution in [3.8, 4) is 0 Å². The van der Waals surface area contributed by atoms with Gasteiger partial charge in [0.1, 0.15) is 6.04 Å². The molecule has 0 aliphatic carbocycles. The first-order chi connectivity index (χ1) is 7.76. The van der Waals surface area contributed by atoms with Gasteiger partial charge in [-0.05, 0) is 45.3 Å². The number of hydrogen-bond donors (Lipinski definition) is 3. The molecule has 96 valence electrons. The minimum Gasteiger partial charge on any atom is -0.468 e. The third kappa shape index (κ3) is 7.62. The normalized spacial score (nSPS) is 12.4. The van der Waals surface area contributed by atoms with Gasteiger partial charge in [0, 0.05) is 0 Å². The van der Waals surface area contributed by atoms with E-state index < -0.39 is 0 Å². The molecular weight excluding hydrogens is 206 g/mol. The van der Waals surface area contributed by atoms with Crippen molar-refractivity contribution in [2.75, 3.05) is 26.7 Å². The second-order valence-corrected chi connectivity index (χ2v) is 3.81. The molecule has 5 heteroatoms. The molecule has 0 aliphatic heterocycles. The minimum absolute atomic E-state index is 0.190. The van der Waals surface area contributed by atoms with E-state index in [1.165, 1.54) is 7.11 Å². The van der Waals surface area contributed by atoms with Gasteiger partial charge < -0.3 is 21.5 Å². The molecule has 0 spiro atoms. The van der Waals surface area contributed by atoms with Crippen LogP contribution in [0, 0.1) is 0 Å². The number of nitrogens with two attached hydrogens (primary N) is 2. The third-order valence-corrected chi connectivity index (χ3v) is 2.45. The van der Waals surface area contributed by atoms with Crippen molar-refractivity contribution in [3.05, 3.63) is 0 Å². The van der Waals surface area contributed by atoms with Crippen LogP contribution in [0.4, 0.5) is 0 Å². The maximum atomic E-state index is 11.4. The second-order valence-electron chi connectivity index (χ2n) is 3.81. The maximum absolute atomic E-state index is 11.4. The Labute approximate surface area is 97.9 Å². The molecule has 0 saturated heterocycles. The highest BCUT2D eigenvalue weighted by atomic mass is 16.5. The van der Waals surface area contributed by atoms with Crippen molar-refractivity contribution >= 4 is 5.97 Å². The molecule has 1 unspecified atom stereocenters. The smallest absolute Gasteiger partial charge is 0.322 e. The molecular formula is C11H25N3O2. The lowest BCUT2D eigenvalue weighted by Gasteiger charge is -2.16. The van der Waals surface area contributed by atoms with E-state index in [1.807, 2.05) is 0 Å². The number of hydrogen-bond acceptors (Lipinski definition) is 5. The van der Waals surface area contributed by atoms with Gasteiger partial charge in [-0.3, -0.25) is 4.79 Å². The van der Waals surface area contributed by atoms with Crippen molar-refractivity contribution in [1.29, 1.82) is 0 Å². The molecule has 1 atom stereocenters. The molecule has 0 aromatic heterocycles. The highest BCUT2D eigenvalue weighted by molar-refractivity contribution is 5.75. The lowest BCUT2D eigenvalue weighted by molar-refractivity contribution is -0.143. The van der Waals surface area contributed by atoms with Crippen LogP contribution in [0.5, 0.6) is 0 Å². The summed E-state index contributed by atoms with van der Waals surface area (Å²) in [5.41, 5.74) is 10.8. The largest absolute Gasteiger partial charge is 0.468 e. The number of ether oxygens (including phenoxy) is 1. The van der Waals surface area contributed by atoms with Gasteiger partial charge >= 0.3 is 5.97 Å². The molecule has 0 aromatic rings. The molecule has 0 amide bonds. The summed E-state index contributed by atoms with van der Waals surface area (Å²) >= 11 is 0. The summed E-state index contributed by atoms with van der Waals surface area (Å²) in [4.78, 5) is 11.4. The Kier molecular flexibility index (Phi) is 10.4. The van der Waals surface area contributed by atoms with Gasteiger partial charge in [-0.25, -0.2) is 0 Å². The lowest BCUT2D eigenvalue weighted by atomic mass is 10.1. The fraction of sp³-hybridized carbons (Fsp3) is 0.909. The first-order valence-electron chi connectivity index (χ1n) is 5.97. The van der Waals surface area contributed by atoms with E-state index in [9.17, 15) is 4.79 Å². The fourth-order valence-electron chi connectivity index (χ4n) is 1.48. The Morgan fingerprint density at radius 2 is 1.81 bits per heavy atom. The summed E-state index contributed by atoms with van der Waals surface area (Å²) in [5.74, 6) is -0.190. The number of carbonyl (C=O) groups excluding carboxylic acids is 1. The predicted octanol–water partition coefficient (Wildman–Crippen LogP) is -0.0145. The van der Waals surface area contributed by atoms with Crippen LogP contribution in [-0.2, 0) is 9.53 Å². The molecule has 0 heterocycles. The van der Waals surface area contributed by atoms with E-state index in [-0.39, 0.29) is 12.0 Å². The van der Waals surface area contributed by atoms with Crippen LogP contribution in [0.15, 0.2) is 0 Å². The monoisotopic (exact) mass is 231 g/mol. The molecule has 0 aliphatic rings. The van der Waals surface area contributed by atoms with Gasteiger partial charge in [-0.2, -0.15) is 0 Å². The number of nitrogens with one attached hydrogen (secondary N) is 1. The summed E-state index contributed by atoms with van der Waals surface area (Å²) in [6.45, 7) is 2.17. The summed E-state index contributed by atoms with van der Waals surface area (Å²) in [6.07, 6.45) is 4.63. The van der Waals surface area contributed by atoms with Crippen LogP contribution in [0.3, 0.4) is 0 Å². The zero-order valence-corrected chi connectivity index (χ0v) is 10.2.